The van der Waals surface area contributed by atoms with Crippen molar-refractivity contribution in [2.24, 2.45) is 11.1 Å². The maximum Gasteiger partial charge on any atom is 0.333 e. The van der Waals surface area contributed by atoms with Crippen LogP contribution in [0.25, 0.3) is 0 Å². The molecule has 2 amide bonds. The second kappa shape index (κ2) is 11.3. The van der Waals surface area contributed by atoms with Gasteiger partial charge in [0.1, 0.15) is 21.6 Å². The third-order valence-corrected chi connectivity index (χ3v) is 9.26. The number of urea groups is 1. The number of hydrogen-bond donors (Lipinski definition) is 4. The molecule has 0 radical (unpaired) electrons. The number of benzene rings is 2. The molecule has 0 spiro atoms. The van der Waals surface area contributed by atoms with Crippen molar-refractivity contribution < 1.29 is 17.6 Å². The molecule has 0 bridgehead atoms. The standard InChI is InChI=1S/C24H27ClFN7O3S2/c1-24(14-27)9-11-33(12-10-24)19-13-29-22(21(28)31-19)37-17-7-4-6-16(20(17)25)30-23(34)32-38(35,36)18-8-3-2-5-15(18)26/h2-8,13H,9-12,14,27H2,1H3,(H2,28,31)(H2,30,32,34). The van der Waals surface area contributed by atoms with Crippen LogP contribution in [-0.2, 0) is 10.0 Å². The van der Waals surface area contributed by atoms with Gasteiger partial charge in [-0.25, -0.2) is 32.3 Å². The van der Waals surface area contributed by atoms with Crippen molar-refractivity contribution in [3.05, 3.63) is 59.5 Å². The molecule has 1 aliphatic rings. The number of nitrogen functional groups attached to an aromatic ring is 1. The van der Waals surface area contributed by atoms with E-state index in [2.05, 4.69) is 27.1 Å². The molecule has 2 aromatic carbocycles. The zero-order chi connectivity index (χ0) is 27.5. The first kappa shape index (κ1) is 27.9. The molecular formula is C24H27ClFN7O3S2. The quantitative estimate of drug-likeness (QED) is 0.324. The highest BCUT2D eigenvalue weighted by Gasteiger charge is 2.29. The van der Waals surface area contributed by atoms with Gasteiger partial charge in [0.25, 0.3) is 10.0 Å². The van der Waals surface area contributed by atoms with Crippen LogP contribution in [0.1, 0.15) is 19.8 Å². The number of carbonyl (C=O) groups is 1. The zero-order valence-electron chi connectivity index (χ0n) is 20.4. The minimum Gasteiger partial charge on any atom is -0.381 e. The molecule has 1 saturated heterocycles. The SMILES string of the molecule is CC1(CN)CCN(c2cnc(Sc3cccc(NC(=O)NS(=O)(=O)c4ccccc4F)c3Cl)c(N)n2)CC1. The van der Waals surface area contributed by atoms with Crippen LogP contribution in [0.3, 0.4) is 0 Å². The molecule has 38 heavy (non-hydrogen) atoms. The Labute approximate surface area is 229 Å². The Balaban J connectivity index is 1.44. The van der Waals surface area contributed by atoms with E-state index >= 15 is 0 Å². The number of amides is 2. The smallest absolute Gasteiger partial charge is 0.333 e. The van der Waals surface area contributed by atoms with E-state index in [4.69, 9.17) is 23.1 Å². The lowest BCUT2D eigenvalue weighted by atomic mass is 9.80. The van der Waals surface area contributed by atoms with Crippen LogP contribution in [-0.4, -0.2) is 44.1 Å². The maximum absolute atomic E-state index is 13.9. The van der Waals surface area contributed by atoms with E-state index in [-0.39, 0.29) is 21.9 Å². The van der Waals surface area contributed by atoms with Gasteiger partial charge in [-0.1, -0.05) is 48.5 Å². The predicted molar refractivity (Wildman–Crippen MR) is 146 cm³/mol. The number of nitrogens with two attached hydrogens (primary N) is 2. The summed E-state index contributed by atoms with van der Waals surface area (Å²) in [5.74, 6) is -0.0775. The van der Waals surface area contributed by atoms with E-state index in [0.29, 0.717) is 22.3 Å². The van der Waals surface area contributed by atoms with Gasteiger partial charge < -0.3 is 21.7 Å². The van der Waals surface area contributed by atoms with E-state index in [9.17, 15) is 17.6 Å². The number of hydrogen-bond acceptors (Lipinski definition) is 9. The van der Waals surface area contributed by atoms with E-state index in [1.54, 1.807) is 23.1 Å². The first-order valence-corrected chi connectivity index (χ1v) is 14.3. The van der Waals surface area contributed by atoms with Crippen molar-refractivity contribution in [2.45, 2.75) is 34.6 Å². The molecule has 1 fully saturated rings. The molecule has 10 nitrogen and oxygen atoms in total. The Bertz CT molecular complexity index is 1450. The first-order valence-electron chi connectivity index (χ1n) is 11.6. The van der Waals surface area contributed by atoms with Crippen molar-refractivity contribution >= 4 is 56.7 Å². The first-order chi connectivity index (χ1) is 18.0. The van der Waals surface area contributed by atoms with Gasteiger partial charge >= 0.3 is 6.03 Å². The average molecular weight is 580 g/mol. The van der Waals surface area contributed by atoms with Gasteiger partial charge in [-0.2, -0.15) is 0 Å². The van der Waals surface area contributed by atoms with E-state index < -0.39 is 26.8 Å². The lowest BCUT2D eigenvalue weighted by molar-refractivity contribution is 0.256. The highest BCUT2D eigenvalue weighted by Crippen LogP contribution is 2.39. The molecule has 4 rings (SSSR count). The summed E-state index contributed by atoms with van der Waals surface area (Å²) >= 11 is 7.63. The summed E-state index contributed by atoms with van der Waals surface area (Å²) in [7, 11) is -4.44. The Morgan fingerprint density at radius 1 is 1.21 bits per heavy atom. The second-order valence-corrected chi connectivity index (χ2v) is 12.2. The molecule has 1 aromatic heterocycles. The second-order valence-electron chi connectivity index (χ2n) is 9.13. The molecule has 0 atom stereocenters. The van der Waals surface area contributed by atoms with Crippen LogP contribution in [0.4, 0.5) is 26.5 Å². The van der Waals surface area contributed by atoms with Gasteiger partial charge in [-0.15, -0.1) is 0 Å². The molecule has 0 saturated carbocycles. The Morgan fingerprint density at radius 2 is 1.92 bits per heavy atom. The lowest BCUT2D eigenvalue weighted by Gasteiger charge is -2.39. The molecule has 2 heterocycles. The van der Waals surface area contributed by atoms with Crippen LogP contribution >= 0.6 is 23.4 Å². The van der Waals surface area contributed by atoms with Crippen molar-refractivity contribution in [3.8, 4) is 0 Å². The summed E-state index contributed by atoms with van der Waals surface area (Å²) in [6.45, 7) is 4.44. The van der Waals surface area contributed by atoms with Crippen LogP contribution in [0.15, 0.2) is 63.5 Å². The van der Waals surface area contributed by atoms with E-state index in [0.717, 1.165) is 49.8 Å². The minimum atomic E-state index is -4.44. The number of sulfonamides is 1. The number of halogens is 2. The molecule has 3 aromatic rings. The van der Waals surface area contributed by atoms with Crippen LogP contribution < -0.4 is 26.4 Å². The third kappa shape index (κ3) is 6.29. The summed E-state index contributed by atoms with van der Waals surface area (Å²) in [6, 6.07) is 8.42. The molecule has 202 valence electrons. The summed E-state index contributed by atoms with van der Waals surface area (Å²) in [5, 5.41) is 2.94. The maximum atomic E-state index is 13.9. The molecule has 6 N–H and O–H groups in total. The normalized spacial score (nSPS) is 15.2. The molecule has 0 aliphatic carbocycles. The fourth-order valence-corrected chi connectivity index (χ4v) is 5.96. The predicted octanol–water partition coefficient (Wildman–Crippen LogP) is 4.08. The van der Waals surface area contributed by atoms with Crippen LogP contribution in [0.5, 0.6) is 0 Å². The average Bonchev–Trinajstić information content (AvgIpc) is 2.88. The summed E-state index contributed by atoms with van der Waals surface area (Å²) in [6.07, 6.45) is 3.55. The van der Waals surface area contributed by atoms with Gasteiger partial charge in [0.05, 0.1) is 16.9 Å². The Hall–Kier alpha value is -3.13. The van der Waals surface area contributed by atoms with Crippen LogP contribution in [0.2, 0.25) is 5.02 Å². The Kier molecular flexibility index (Phi) is 8.31. The van der Waals surface area contributed by atoms with Gasteiger partial charge in [0.15, 0.2) is 5.82 Å². The summed E-state index contributed by atoms with van der Waals surface area (Å²) in [5.41, 5.74) is 12.4. The number of rotatable bonds is 7. The number of nitrogens with one attached hydrogen (secondary N) is 2. The molecule has 0 unspecified atom stereocenters. The van der Waals surface area contributed by atoms with E-state index in [1.165, 1.54) is 18.2 Å². The molecular weight excluding hydrogens is 553 g/mol. The number of piperidine rings is 1. The summed E-state index contributed by atoms with van der Waals surface area (Å²) in [4.78, 5) is 23.3. The fourth-order valence-electron chi connectivity index (χ4n) is 3.87. The van der Waals surface area contributed by atoms with Gasteiger partial charge in [-0.05, 0) is 49.1 Å². The minimum absolute atomic E-state index is 0.125. The van der Waals surface area contributed by atoms with Gasteiger partial charge in [-0.3, -0.25) is 0 Å². The third-order valence-electron chi connectivity index (χ3n) is 6.31. The fraction of sp³-hybridized carbons (Fsp3) is 0.292. The number of anilines is 3. The van der Waals surface area contributed by atoms with E-state index in [1.807, 2.05) is 0 Å². The zero-order valence-corrected chi connectivity index (χ0v) is 22.8. The summed E-state index contributed by atoms with van der Waals surface area (Å²) < 4.78 is 40.4. The highest BCUT2D eigenvalue weighted by molar-refractivity contribution is 7.99. The molecule has 14 heteroatoms. The lowest BCUT2D eigenvalue weighted by Crippen LogP contribution is -2.42. The van der Waals surface area contributed by atoms with Crippen molar-refractivity contribution in [1.29, 1.82) is 0 Å². The number of carbonyl (C=O) groups excluding carboxylic acids is 1. The van der Waals surface area contributed by atoms with Gasteiger partial charge in [0.2, 0.25) is 0 Å². The number of nitrogens with zero attached hydrogens (tertiary/aromatic N) is 3. The van der Waals surface area contributed by atoms with Crippen molar-refractivity contribution in [2.75, 3.05) is 35.6 Å². The number of aromatic nitrogens is 2. The monoisotopic (exact) mass is 579 g/mol. The van der Waals surface area contributed by atoms with Crippen molar-refractivity contribution in [3.63, 3.8) is 0 Å². The van der Waals surface area contributed by atoms with Crippen LogP contribution in [0, 0.1) is 11.2 Å². The molecule has 1 aliphatic heterocycles. The Morgan fingerprint density at radius 3 is 2.58 bits per heavy atom. The van der Waals surface area contributed by atoms with Crippen molar-refractivity contribution in [1.82, 2.24) is 14.7 Å². The largest absolute Gasteiger partial charge is 0.381 e. The van der Waals surface area contributed by atoms with Gasteiger partial charge in [0, 0.05) is 18.0 Å². The topological polar surface area (TPSA) is 156 Å². The highest BCUT2D eigenvalue weighted by atomic mass is 35.5.